The van der Waals surface area contributed by atoms with Crippen molar-refractivity contribution in [3.63, 3.8) is 0 Å². The van der Waals surface area contributed by atoms with Crippen LogP contribution in [0.1, 0.15) is 16.3 Å². The van der Waals surface area contributed by atoms with Crippen LogP contribution in [-0.2, 0) is 11.3 Å². The van der Waals surface area contributed by atoms with E-state index in [4.69, 9.17) is 13.9 Å². The Hall–Kier alpha value is -2.63. The van der Waals surface area contributed by atoms with Gasteiger partial charge in [-0.25, -0.2) is 4.79 Å². The van der Waals surface area contributed by atoms with Gasteiger partial charge in [-0.1, -0.05) is 0 Å². The van der Waals surface area contributed by atoms with Crippen LogP contribution in [-0.4, -0.2) is 19.9 Å². The minimum atomic E-state index is -0.487. The van der Waals surface area contributed by atoms with Gasteiger partial charge < -0.3 is 23.9 Å². The number of anilines is 1. The van der Waals surface area contributed by atoms with Crippen molar-refractivity contribution in [3.05, 3.63) is 41.9 Å². The van der Waals surface area contributed by atoms with Crippen LogP contribution in [0.2, 0.25) is 0 Å². The highest BCUT2D eigenvalue weighted by molar-refractivity contribution is 5.86. The Labute approximate surface area is 115 Å². The standard InChI is InChI=1S/C14H13NO5/c1-17-14(16)12-5-3-10(20-12)7-15-9-2-4-11-13(6-9)19-8-18-11/h2-6,15H,7-8H2,1H3. The molecule has 0 amide bonds. The first-order valence-corrected chi connectivity index (χ1v) is 6.07. The molecule has 0 bridgehead atoms. The molecule has 20 heavy (non-hydrogen) atoms. The summed E-state index contributed by atoms with van der Waals surface area (Å²) in [5.41, 5.74) is 0.880. The molecule has 0 radical (unpaired) electrons. The van der Waals surface area contributed by atoms with Crippen molar-refractivity contribution in [2.24, 2.45) is 0 Å². The molecule has 0 saturated carbocycles. The highest BCUT2D eigenvalue weighted by Gasteiger charge is 2.14. The minimum Gasteiger partial charge on any atom is -0.463 e. The maximum atomic E-state index is 11.3. The summed E-state index contributed by atoms with van der Waals surface area (Å²) in [6, 6.07) is 8.89. The molecule has 3 rings (SSSR count). The maximum Gasteiger partial charge on any atom is 0.373 e. The molecule has 6 nitrogen and oxygen atoms in total. The molecule has 0 unspecified atom stereocenters. The second kappa shape index (κ2) is 5.16. The summed E-state index contributed by atoms with van der Waals surface area (Å²) >= 11 is 0. The zero-order valence-corrected chi connectivity index (χ0v) is 10.8. The van der Waals surface area contributed by atoms with Crippen molar-refractivity contribution >= 4 is 11.7 Å². The largest absolute Gasteiger partial charge is 0.463 e. The number of carbonyl (C=O) groups is 1. The second-order valence-corrected chi connectivity index (χ2v) is 4.18. The fraction of sp³-hybridized carbons (Fsp3) is 0.214. The number of fused-ring (bicyclic) bond motifs is 1. The van der Waals surface area contributed by atoms with Crippen molar-refractivity contribution < 1.29 is 23.4 Å². The zero-order valence-electron chi connectivity index (χ0n) is 10.8. The van der Waals surface area contributed by atoms with Crippen LogP contribution in [0.5, 0.6) is 11.5 Å². The predicted molar refractivity (Wildman–Crippen MR) is 69.9 cm³/mol. The lowest BCUT2D eigenvalue weighted by molar-refractivity contribution is 0.0563. The Morgan fingerprint density at radius 1 is 1.25 bits per heavy atom. The molecule has 1 aromatic heterocycles. The highest BCUT2D eigenvalue weighted by atomic mass is 16.7. The summed E-state index contributed by atoms with van der Waals surface area (Å²) in [7, 11) is 1.31. The van der Waals surface area contributed by atoms with Gasteiger partial charge in [-0.3, -0.25) is 0 Å². The molecule has 1 aliphatic rings. The monoisotopic (exact) mass is 275 g/mol. The normalized spacial score (nSPS) is 12.2. The van der Waals surface area contributed by atoms with E-state index in [1.165, 1.54) is 7.11 Å². The Morgan fingerprint density at radius 3 is 2.95 bits per heavy atom. The number of ether oxygens (including phenoxy) is 3. The number of esters is 1. The van der Waals surface area contributed by atoms with Gasteiger partial charge in [0.15, 0.2) is 11.5 Å². The van der Waals surface area contributed by atoms with Gasteiger partial charge in [0, 0.05) is 11.8 Å². The van der Waals surface area contributed by atoms with E-state index in [-0.39, 0.29) is 12.6 Å². The Kier molecular flexibility index (Phi) is 3.20. The van der Waals surface area contributed by atoms with Crippen molar-refractivity contribution in [2.75, 3.05) is 19.2 Å². The zero-order chi connectivity index (χ0) is 13.9. The average Bonchev–Trinajstić information content (AvgIpc) is 3.12. The summed E-state index contributed by atoms with van der Waals surface area (Å²) < 4.78 is 20.5. The maximum absolute atomic E-state index is 11.3. The van der Waals surface area contributed by atoms with Gasteiger partial charge in [-0.2, -0.15) is 0 Å². The number of furan rings is 1. The van der Waals surface area contributed by atoms with Crippen LogP contribution < -0.4 is 14.8 Å². The van der Waals surface area contributed by atoms with Crippen molar-refractivity contribution in [1.29, 1.82) is 0 Å². The van der Waals surface area contributed by atoms with Gasteiger partial charge in [-0.15, -0.1) is 0 Å². The Bertz CT molecular complexity index is 634. The first-order chi connectivity index (χ1) is 9.76. The number of hydrogen-bond acceptors (Lipinski definition) is 6. The van der Waals surface area contributed by atoms with Crippen LogP contribution in [0.3, 0.4) is 0 Å². The van der Waals surface area contributed by atoms with Gasteiger partial charge in [0.05, 0.1) is 13.7 Å². The first kappa shape index (κ1) is 12.4. The minimum absolute atomic E-state index is 0.190. The van der Waals surface area contributed by atoms with Gasteiger partial charge in [0.1, 0.15) is 5.76 Å². The average molecular weight is 275 g/mol. The Balaban J connectivity index is 1.64. The molecule has 2 heterocycles. The molecule has 2 aromatic rings. The first-order valence-electron chi connectivity index (χ1n) is 6.07. The van der Waals surface area contributed by atoms with E-state index in [1.807, 2.05) is 18.2 Å². The fourth-order valence-electron chi connectivity index (χ4n) is 1.88. The van der Waals surface area contributed by atoms with Crippen LogP contribution in [0.25, 0.3) is 0 Å². The SMILES string of the molecule is COC(=O)c1ccc(CNc2ccc3c(c2)OCO3)o1. The number of nitrogens with one attached hydrogen (secondary N) is 1. The molecule has 1 N–H and O–H groups in total. The van der Waals surface area contributed by atoms with Crippen LogP contribution >= 0.6 is 0 Å². The molecule has 6 heteroatoms. The summed E-state index contributed by atoms with van der Waals surface area (Å²) in [4.78, 5) is 11.3. The summed E-state index contributed by atoms with van der Waals surface area (Å²) in [6.45, 7) is 0.704. The van der Waals surface area contributed by atoms with Crippen LogP contribution in [0.4, 0.5) is 5.69 Å². The van der Waals surface area contributed by atoms with E-state index < -0.39 is 5.97 Å². The predicted octanol–water partition coefficient (Wildman–Crippen LogP) is 2.41. The summed E-state index contributed by atoms with van der Waals surface area (Å²) in [5.74, 6) is 1.80. The number of rotatable bonds is 4. The van der Waals surface area contributed by atoms with E-state index in [0.29, 0.717) is 18.1 Å². The van der Waals surface area contributed by atoms with E-state index in [1.54, 1.807) is 12.1 Å². The lowest BCUT2D eigenvalue weighted by Gasteiger charge is -2.05. The lowest BCUT2D eigenvalue weighted by Crippen LogP contribution is -2.00. The van der Waals surface area contributed by atoms with Crippen LogP contribution in [0, 0.1) is 0 Å². The van der Waals surface area contributed by atoms with Gasteiger partial charge in [0.25, 0.3) is 0 Å². The van der Waals surface area contributed by atoms with E-state index in [9.17, 15) is 4.79 Å². The molecule has 0 fully saturated rings. The summed E-state index contributed by atoms with van der Waals surface area (Å²) in [6.07, 6.45) is 0. The molecule has 1 aliphatic heterocycles. The molecule has 0 saturated heterocycles. The number of carbonyl (C=O) groups excluding carboxylic acids is 1. The van der Waals surface area contributed by atoms with Gasteiger partial charge in [0.2, 0.25) is 12.6 Å². The van der Waals surface area contributed by atoms with Gasteiger partial charge >= 0.3 is 5.97 Å². The Morgan fingerprint density at radius 2 is 2.10 bits per heavy atom. The number of hydrogen-bond donors (Lipinski definition) is 1. The van der Waals surface area contributed by atoms with Crippen LogP contribution in [0.15, 0.2) is 34.7 Å². The third kappa shape index (κ3) is 2.40. The van der Waals surface area contributed by atoms with Crippen molar-refractivity contribution in [1.82, 2.24) is 0 Å². The summed E-state index contributed by atoms with van der Waals surface area (Å²) in [5, 5.41) is 3.18. The van der Waals surface area contributed by atoms with E-state index >= 15 is 0 Å². The number of methoxy groups -OCH3 is 1. The molecule has 0 atom stereocenters. The topological polar surface area (TPSA) is 69.9 Å². The number of benzene rings is 1. The smallest absolute Gasteiger partial charge is 0.373 e. The lowest BCUT2D eigenvalue weighted by atomic mass is 10.2. The third-order valence-electron chi connectivity index (χ3n) is 2.89. The fourth-order valence-corrected chi connectivity index (χ4v) is 1.88. The van der Waals surface area contributed by atoms with Gasteiger partial charge in [-0.05, 0) is 24.3 Å². The van der Waals surface area contributed by atoms with E-state index in [2.05, 4.69) is 10.1 Å². The molecular formula is C14H13NO5. The molecule has 1 aromatic carbocycles. The second-order valence-electron chi connectivity index (χ2n) is 4.18. The quantitative estimate of drug-likeness (QED) is 0.864. The molecular weight excluding hydrogens is 262 g/mol. The molecule has 104 valence electrons. The van der Waals surface area contributed by atoms with E-state index in [0.717, 1.165) is 11.4 Å². The van der Waals surface area contributed by atoms with Crippen molar-refractivity contribution in [2.45, 2.75) is 6.54 Å². The third-order valence-corrected chi connectivity index (χ3v) is 2.89. The highest BCUT2D eigenvalue weighted by Crippen LogP contribution is 2.34. The molecule has 0 aliphatic carbocycles. The van der Waals surface area contributed by atoms with Crippen molar-refractivity contribution in [3.8, 4) is 11.5 Å². The molecule has 0 spiro atoms.